The number of hydrogen-bond donors (Lipinski definition) is 1. The predicted molar refractivity (Wildman–Crippen MR) is 77.4 cm³/mol. The van der Waals surface area contributed by atoms with E-state index >= 15 is 0 Å². The Morgan fingerprint density at radius 1 is 1.25 bits per heavy atom. The molecule has 0 spiro atoms. The molecule has 0 fully saturated rings. The number of aromatic nitrogens is 1. The lowest BCUT2D eigenvalue weighted by Crippen LogP contribution is -2.30. The summed E-state index contributed by atoms with van der Waals surface area (Å²) in [6, 6.07) is 9.34. The number of methoxy groups -OCH3 is 1. The van der Waals surface area contributed by atoms with Gasteiger partial charge in [0.15, 0.2) is 11.6 Å². The van der Waals surface area contributed by atoms with E-state index in [4.69, 9.17) is 4.74 Å². The molecule has 0 saturated carbocycles. The molecule has 106 valence electrons. The Balaban J connectivity index is 2.10. The van der Waals surface area contributed by atoms with Crippen molar-refractivity contribution >= 4 is 0 Å². The van der Waals surface area contributed by atoms with Crippen molar-refractivity contribution in [1.82, 2.24) is 10.3 Å². The van der Waals surface area contributed by atoms with Gasteiger partial charge in [0.2, 0.25) is 0 Å². The van der Waals surface area contributed by atoms with Gasteiger partial charge in [0.25, 0.3) is 0 Å². The molecule has 0 aliphatic heterocycles. The highest BCUT2D eigenvalue weighted by molar-refractivity contribution is 5.31. The van der Waals surface area contributed by atoms with Crippen molar-refractivity contribution in [2.24, 2.45) is 0 Å². The first-order valence-corrected chi connectivity index (χ1v) is 6.62. The molecule has 2 rings (SSSR count). The molecule has 1 unspecified atom stereocenters. The highest BCUT2D eigenvalue weighted by Crippen LogP contribution is 2.21. The number of rotatable bonds is 6. The van der Waals surface area contributed by atoms with Crippen LogP contribution in [0.5, 0.6) is 5.75 Å². The van der Waals surface area contributed by atoms with Crippen LogP contribution in [-0.2, 0) is 12.8 Å². The quantitative estimate of drug-likeness (QED) is 0.879. The van der Waals surface area contributed by atoms with Crippen LogP contribution in [0.3, 0.4) is 0 Å². The number of nitrogens with one attached hydrogen (secondary N) is 1. The summed E-state index contributed by atoms with van der Waals surface area (Å²) in [5.74, 6) is 0.0140. The summed E-state index contributed by atoms with van der Waals surface area (Å²) < 4.78 is 19.2. The first-order valence-electron chi connectivity index (χ1n) is 6.62. The number of benzene rings is 1. The van der Waals surface area contributed by atoms with Crippen LogP contribution in [-0.4, -0.2) is 25.2 Å². The number of ether oxygens (including phenoxy) is 1. The van der Waals surface area contributed by atoms with Crippen LogP contribution in [0.25, 0.3) is 0 Å². The average Bonchev–Trinajstić information content (AvgIpc) is 2.49. The molecule has 0 bridgehead atoms. The smallest absolute Gasteiger partial charge is 0.168 e. The minimum atomic E-state index is -0.276. The third-order valence-electron chi connectivity index (χ3n) is 3.34. The third-order valence-corrected chi connectivity index (χ3v) is 3.34. The van der Waals surface area contributed by atoms with Gasteiger partial charge >= 0.3 is 0 Å². The van der Waals surface area contributed by atoms with Gasteiger partial charge in [-0.3, -0.25) is 4.98 Å². The molecule has 3 nitrogen and oxygen atoms in total. The lowest BCUT2D eigenvalue weighted by Gasteiger charge is -2.17. The second-order valence-electron chi connectivity index (χ2n) is 4.69. The summed E-state index contributed by atoms with van der Waals surface area (Å²) in [5.41, 5.74) is 1.79. The molecule has 0 radical (unpaired) electrons. The lowest BCUT2D eigenvalue weighted by atomic mass is 9.99. The van der Waals surface area contributed by atoms with Gasteiger partial charge in [0.1, 0.15) is 0 Å². The summed E-state index contributed by atoms with van der Waals surface area (Å²) in [4.78, 5) is 4.10. The molecule has 1 aromatic heterocycles. The minimum Gasteiger partial charge on any atom is -0.494 e. The number of nitrogens with zero attached hydrogens (tertiary/aromatic N) is 1. The van der Waals surface area contributed by atoms with E-state index in [9.17, 15) is 4.39 Å². The summed E-state index contributed by atoms with van der Waals surface area (Å²) in [6.45, 7) is 0. The monoisotopic (exact) mass is 274 g/mol. The van der Waals surface area contributed by atoms with Gasteiger partial charge < -0.3 is 10.1 Å². The third kappa shape index (κ3) is 3.54. The van der Waals surface area contributed by atoms with Crippen LogP contribution >= 0.6 is 0 Å². The largest absolute Gasteiger partial charge is 0.494 e. The van der Waals surface area contributed by atoms with Gasteiger partial charge in [-0.05, 0) is 43.1 Å². The highest BCUT2D eigenvalue weighted by Gasteiger charge is 2.14. The van der Waals surface area contributed by atoms with Gasteiger partial charge in [-0.15, -0.1) is 0 Å². The van der Waals surface area contributed by atoms with Crippen LogP contribution in [0.2, 0.25) is 0 Å². The fraction of sp³-hybridized carbons (Fsp3) is 0.312. The minimum absolute atomic E-state index is 0.154. The number of halogens is 1. The van der Waals surface area contributed by atoms with Gasteiger partial charge in [0.05, 0.1) is 7.11 Å². The maximum atomic E-state index is 14.1. The molecular weight excluding hydrogens is 255 g/mol. The van der Waals surface area contributed by atoms with Crippen molar-refractivity contribution in [3.05, 3.63) is 59.7 Å². The van der Waals surface area contributed by atoms with Crippen molar-refractivity contribution in [3.8, 4) is 5.75 Å². The van der Waals surface area contributed by atoms with E-state index in [0.717, 1.165) is 12.0 Å². The molecule has 0 saturated heterocycles. The number of pyridine rings is 1. The SMILES string of the molecule is CNC(Cc1cccnc1)Cc1cccc(OC)c1F. The van der Waals surface area contributed by atoms with Gasteiger partial charge in [-0.1, -0.05) is 18.2 Å². The fourth-order valence-electron chi connectivity index (χ4n) is 2.22. The zero-order valence-corrected chi connectivity index (χ0v) is 11.8. The van der Waals surface area contributed by atoms with E-state index in [2.05, 4.69) is 10.3 Å². The summed E-state index contributed by atoms with van der Waals surface area (Å²) in [5, 5.41) is 3.23. The summed E-state index contributed by atoms with van der Waals surface area (Å²) in [6.07, 6.45) is 5.00. The molecule has 1 atom stereocenters. The van der Waals surface area contributed by atoms with Gasteiger partial charge in [-0.25, -0.2) is 4.39 Å². The van der Waals surface area contributed by atoms with Crippen molar-refractivity contribution in [3.63, 3.8) is 0 Å². The lowest BCUT2D eigenvalue weighted by molar-refractivity contribution is 0.382. The number of likely N-dealkylation sites (N-methyl/N-ethyl adjacent to an activating group) is 1. The maximum absolute atomic E-state index is 14.1. The standard InChI is InChI=1S/C16H19FN2O/c1-18-14(9-12-5-4-8-19-11-12)10-13-6-3-7-15(20-2)16(13)17/h3-8,11,14,18H,9-10H2,1-2H3. The Labute approximate surface area is 118 Å². The van der Waals surface area contributed by atoms with Crippen molar-refractivity contribution in [1.29, 1.82) is 0 Å². The molecule has 0 aliphatic rings. The molecule has 1 N–H and O–H groups in total. The van der Waals surface area contributed by atoms with Gasteiger partial charge in [0, 0.05) is 18.4 Å². The normalized spacial score (nSPS) is 12.2. The Kier molecular flexibility index (Phi) is 5.07. The van der Waals surface area contributed by atoms with Crippen LogP contribution in [0.1, 0.15) is 11.1 Å². The molecule has 0 amide bonds. The first kappa shape index (κ1) is 14.5. The van der Waals surface area contributed by atoms with E-state index in [1.54, 1.807) is 18.3 Å². The predicted octanol–water partition coefficient (Wildman–Crippen LogP) is 2.60. The zero-order chi connectivity index (χ0) is 14.4. The van der Waals surface area contributed by atoms with Crippen LogP contribution in [0.15, 0.2) is 42.7 Å². The van der Waals surface area contributed by atoms with E-state index in [0.29, 0.717) is 17.7 Å². The van der Waals surface area contributed by atoms with Crippen LogP contribution in [0.4, 0.5) is 4.39 Å². The molecule has 20 heavy (non-hydrogen) atoms. The summed E-state index contributed by atoms with van der Waals surface area (Å²) >= 11 is 0. The molecule has 4 heteroatoms. The molecule has 0 aliphatic carbocycles. The Bertz CT molecular complexity index is 545. The van der Waals surface area contributed by atoms with Crippen molar-refractivity contribution in [2.75, 3.05) is 14.2 Å². The van der Waals surface area contributed by atoms with E-state index in [1.807, 2.05) is 31.4 Å². The average molecular weight is 274 g/mol. The Hall–Kier alpha value is -1.94. The van der Waals surface area contributed by atoms with E-state index in [1.165, 1.54) is 7.11 Å². The second-order valence-corrected chi connectivity index (χ2v) is 4.69. The highest BCUT2D eigenvalue weighted by atomic mass is 19.1. The molecule has 2 aromatic rings. The zero-order valence-electron chi connectivity index (χ0n) is 11.8. The van der Waals surface area contributed by atoms with E-state index < -0.39 is 0 Å². The first-order chi connectivity index (χ1) is 9.74. The van der Waals surface area contributed by atoms with Crippen molar-refractivity contribution < 1.29 is 9.13 Å². The second kappa shape index (κ2) is 7.01. The molecule has 1 heterocycles. The fourth-order valence-corrected chi connectivity index (χ4v) is 2.22. The Morgan fingerprint density at radius 3 is 2.75 bits per heavy atom. The topological polar surface area (TPSA) is 34.2 Å². The maximum Gasteiger partial charge on any atom is 0.168 e. The number of hydrogen-bond acceptors (Lipinski definition) is 3. The molecular formula is C16H19FN2O. The summed E-state index contributed by atoms with van der Waals surface area (Å²) in [7, 11) is 3.37. The van der Waals surface area contributed by atoms with Crippen LogP contribution in [0, 0.1) is 5.82 Å². The molecule has 1 aromatic carbocycles. The van der Waals surface area contributed by atoms with E-state index in [-0.39, 0.29) is 11.9 Å². The van der Waals surface area contributed by atoms with Crippen LogP contribution < -0.4 is 10.1 Å². The Morgan fingerprint density at radius 2 is 2.10 bits per heavy atom. The van der Waals surface area contributed by atoms with Gasteiger partial charge in [-0.2, -0.15) is 0 Å². The van der Waals surface area contributed by atoms with Crippen molar-refractivity contribution in [2.45, 2.75) is 18.9 Å².